The van der Waals surface area contributed by atoms with Gasteiger partial charge in [0.25, 0.3) is 17.4 Å². The zero-order valence-electron chi connectivity index (χ0n) is 16.8. The topological polar surface area (TPSA) is 123 Å². The minimum Gasteiger partial charge on any atom is -0.507 e. The maximum absolute atomic E-state index is 13.1. The minimum absolute atomic E-state index is 0.138. The van der Waals surface area contributed by atoms with Gasteiger partial charge in [-0.05, 0) is 42.0 Å². The lowest BCUT2D eigenvalue weighted by atomic mass is 9.95. The van der Waals surface area contributed by atoms with E-state index in [0.29, 0.717) is 17.0 Å². The summed E-state index contributed by atoms with van der Waals surface area (Å²) >= 11 is 0. The molecule has 1 aromatic heterocycles. The highest BCUT2D eigenvalue weighted by Crippen LogP contribution is 2.44. The Morgan fingerprint density at radius 1 is 1.06 bits per heavy atom. The van der Waals surface area contributed by atoms with Crippen molar-refractivity contribution >= 4 is 28.8 Å². The van der Waals surface area contributed by atoms with Gasteiger partial charge in [0.05, 0.1) is 29.3 Å². The number of nitrogens with zero attached hydrogens (tertiary/aromatic N) is 3. The molecule has 0 radical (unpaired) electrons. The number of non-ortho nitro benzene ring substituents is 1. The first-order chi connectivity index (χ1) is 15.4. The van der Waals surface area contributed by atoms with Crippen molar-refractivity contribution in [3.63, 3.8) is 0 Å². The first-order valence-corrected chi connectivity index (χ1v) is 9.52. The first kappa shape index (κ1) is 20.7. The molecule has 0 saturated carbocycles. The van der Waals surface area contributed by atoms with Crippen LogP contribution in [0.5, 0.6) is 5.75 Å². The molecule has 4 rings (SSSR count). The number of aliphatic hydroxyl groups is 1. The van der Waals surface area contributed by atoms with E-state index in [1.54, 1.807) is 36.4 Å². The molecule has 1 amide bonds. The second-order valence-corrected chi connectivity index (χ2v) is 6.93. The number of rotatable bonds is 5. The summed E-state index contributed by atoms with van der Waals surface area (Å²) in [7, 11) is 1.45. The summed E-state index contributed by atoms with van der Waals surface area (Å²) in [6, 6.07) is 14.2. The molecule has 1 saturated heterocycles. The quantitative estimate of drug-likeness (QED) is 0.215. The number of hydrogen-bond acceptors (Lipinski definition) is 7. The van der Waals surface area contributed by atoms with Gasteiger partial charge in [0.2, 0.25) is 0 Å². The van der Waals surface area contributed by atoms with Crippen LogP contribution in [-0.4, -0.2) is 33.8 Å². The van der Waals surface area contributed by atoms with Gasteiger partial charge in [0, 0.05) is 30.1 Å². The summed E-state index contributed by atoms with van der Waals surface area (Å²) in [5.74, 6) is -1.77. The van der Waals surface area contributed by atoms with E-state index < -0.39 is 28.4 Å². The molecular weight excluding hydrogens is 414 g/mol. The van der Waals surface area contributed by atoms with Gasteiger partial charge in [-0.3, -0.25) is 29.6 Å². The average Bonchev–Trinajstić information content (AvgIpc) is 3.09. The number of aromatic nitrogens is 1. The number of nitro benzene ring substituents is 1. The molecule has 3 aromatic rings. The van der Waals surface area contributed by atoms with Crippen LogP contribution in [0.1, 0.15) is 17.2 Å². The molecule has 9 heteroatoms. The van der Waals surface area contributed by atoms with Gasteiger partial charge < -0.3 is 9.84 Å². The SMILES string of the molecule is COc1ccccc1N1C(=O)C(=O)/C(=C(\O)c2ccc([N+](=O)[O-])cc2)C1c1ccncc1. The Bertz CT molecular complexity index is 1240. The predicted octanol–water partition coefficient (Wildman–Crippen LogP) is 3.62. The van der Waals surface area contributed by atoms with Crippen LogP contribution in [0.4, 0.5) is 11.4 Å². The predicted molar refractivity (Wildman–Crippen MR) is 115 cm³/mol. The van der Waals surface area contributed by atoms with E-state index in [4.69, 9.17) is 4.74 Å². The monoisotopic (exact) mass is 431 g/mol. The molecule has 1 aliphatic heterocycles. The third-order valence-electron chi connectivity index (χ3n) is 5.16. The van der Waals surface area contributed by atoms with E-state index in [9.17, 15) is 24.8 Å². The van der Waals surface area contributed by atoms with Crippen molar-refractivity contribution in [3.05, 3.63) is 99.9 Å². The molecule has 160 valence electrons. The number of nitro groups is 1. The van der Waals surface area contributed by atoms with E-state index in [2.05, 4.69) is 4.98 Å². The number of carbonyl (C=O) groups excluding carboxylic acids is 2. The van der Waals surface area contributed by atoms with Gasteiger partial charge in [0.1, 0.15) is 11.5 Å². The molecular formula is C23H17N3O6. The maximum atomic E-state index is 13.1. The van der Waals surface area contributed by atoms with Gasteiger partial charge in [-0.25, -0.2) is 0 Å². The lowest BCUT2D eigenvalue weighted by Gasteiger charge is -2.26. The van der Waals surface area contributed by atoms with Crippen LogP contribution < -0.4 is 9.64 Å². The van der Waals surface area contributed by atoms with Crippen LogP contribution in [-0.2, 0) is 9.59 Å². The van der Waals surface area contributed by atoms with Crippen LogP contribution >= 0.6 is 0 Å². The number of pyridine rings is 1. The lowest BCUT2D eigenvalue weighted by molar-refractivity contribution is -0.384. The summed E-state index contributed by atoms with van der Waals surface area (Å²) in [4.78, 5) is 41.8. The highest BCUT2D eigenvalue weighted by molar-refractivity contribution is 6.51. The molecule has 2 heterocycles. The highest BCUT2D eigenvalue weighted by Gasteiger charge is 2.47. The summed E-state index contributed by atoms with van der Waals surface area (Å²) in [5.41, 5.74) is 0.783. The Labute approximate surface area is 182 Å². The molecule has 2 aromatic carbocycles. The fourth-order valence-corrected chi connectivity index (χ4v) is 3.67. The van der Waals surface area contributed by atoms with Gasteiger partial charge in [-0.2, -0.15) is 0 Å². The zero-order chi connectivity index (χ0) is 22.8. The Balaban J connectivity index is 1.93. The first-order valence-electron chi connectivity index (χ1n) is 9.52. The van der Waals surface area contributed by atoms with Crippen molar-refractivity contribution in [3.8, 4) is 5.75 Å². The van der Waals surface area contributed by atoms with Crippen LogP contribution in [0.3, 0.4) is 0 Å². The molecule has 0 aliphatic carbocycles. The number of anilines is 1. The number of aliphatic hydroxyl groups excluding tert-OH is 1. The van der Waals surface area contributed by atoms with Crippen molar-refractivity contribution in [1.82, 2.24) is 4.98 Å². The van der Waals surface area contributed by atoms with Gasteiger partial charge in [0.15, 0.2) is 0 Å². The summed E-state index contributed by atoms with van der Waals surface area (Å²) in [6.45, 7) is 0. The zero-order valence-corrected chi connectivity index (χ0v) is 16.8. The number of hydrogen-bond donors (Lipinski definition) is 1. The van der Waals surface area contributed by atoms with Crippen molar-refractivity contribution in [1.29, 1.82) is 0 Å². The smallest absolute Gasteiger partial charge is 0.300 e. The molecule has 0 bridgehead atoms. The van der Waals surface area contributed by atoms with Crippen LogP contribution in [0.15, 0.2) is 78.6 Å². The number of ether oxygens (including phenoxy) is 1. The Morgan fingerprint density at radius 2 is 1.72 bits per heavy atom. The van der Waals surface area contributed by atoms with Crippen molar-refractivity contribution in [2.45, 2.75) is 6.04 Å². The van der Waals surface area contributed by atoms with Gasteiger partial charge >= 0.3 is 0 Å². The lowest BCUT2D eigenvalue weighted by Crippen LogP contribution is -2.29. The van der Waals surface area contributed by atoms with Crippen molar-refractivity contribution < 1.29 is 24.4 Å². The number of methoxy groups -OCH3 is 1. The minimum atomic E-state index is -0.954. The van der Waals surface area contributed by atoms with Gasteiger partial charge in [-0.15, -0.1) is 0 Å². The molecule has 32 heavy (non-hydrogen) atoms. The number of carbonyl (C=O) groups is 2. The fraction of sp³-hybridized carbons (Fsp3) is 0.0870. The molecule has 0 spiro atoms. The van der Waals surface area contributed by atoms with E-state index in [1.165, 1.54) is 48.7 Å². The largest absolute Gasteiger partial charge is 0.507 e. The number of benzene rings is 2. The van der Waals surface area contributed by atoms with Crippen molar-refractivity contribution in [2.75, 3.05) is 12.0 Å². The molecule has 1 N–H and O–H groups in total. The average molecular weight is 431 g/mol. The number of amides is 1. The second kappa shape index (κ2) is 8.31. The Hall–Kier alpha value is -4.53. The van der Waals surface area contributed by atoms with Crippen LogP contribution in [0, 0.1) is 10.1 Å². The highest BCUT2D eigenvalue weighted by atomic mass is 16.6. The van der Waals surface area contributed by atoms with Crippen LogP contribution in [0.2, 0.25) is 0 Å². The maximum Gasteiger partial charge on any atom is 0.300 e. The number of ketones is 1. The van der Waals surface area contributed by atoms with E-state index >= 15 is 0 Å². The second-order valence-electron chi connectivity index (χ2n) is 6.93. The normalized spacial score (nSPS) is 17.4. The standard InChI is InChI=1S/C23H17N3O6/c1-32-18-5-3-2-4-17(18)25-20(14-10-12-24-13-11-14)19(22(28)23(25)29)21(27)15-6-8-16(9-7-15)26(30)31/h2-13,20,27H,1H3/b21-19-. The number of para-hydroxylation sites is 2. The van der Waals surface area contributed by atoms with Gasteiger partial charge in [-0.1, -0.05) is 12.1 Å². The molecule has 9 nitrogen and oxygen atoms in total. The number of Topliss-reactive ketones (excluding diaryl/α,β-unsaturated/α-hetero) is 1. The van der Waals surface area contributed by atoms with E-state index in [1.807, 2.05) is 0 Å². The molecule has 1 atom stereocenters. The summed E-state index contributed by atoms with van der Waals surface area (Å²) < 4.78 is 5.38. The van der Waals surface area contributed by atoms with Crippen molar-refractivity contribution in [2.24, 2.45) is 0 Å². The fourth-order valence-electron chi connectivity index (χ4n) is 3.67. The summed E-state index contributed by atoms with van der Waals surface area (Å²) in [6.07, 6.45) is 3.03. The van der Waals surface area contributed by atoms with E-state index in [0.717, 1.165) is 0 Å². The third-order valence-corrected chi connectivity index (χ3v) is 5.16. The Morgan fingerprint density at radius 3 is 2.34 bits per heavy atom. The Kier molecular flexibility index (Phi) is 5.38. The third kappa shape index (κ3) is 3.45. The molecule has 1 aliphatic rings. The van der Waals surface area contributed by atoms with Crippen LogP contribution in [0.25, 0.3) is 5.76 Å². The summed E-state index contributed by atoms with van der Waals surface area (Å²) in [5, 5.41) is 22.0. The molecule has 1 fully saturated rings. The van der Waals surface area contributed by atoms with E-state index in [-0.39, 0.29) is 16.8 Å². The molecule has 1 unspecified atom stereocenters.